The highest BCUT2D eigenvalue weighted by molar-refractivity contribution is 6.61. The topological polar surface area (TPSA) is 31.4 Å². The van der Waals surface area contributed by atoms with E-state index in [9.17, 15) is 4.39 Å². The van der Waals surface area contributed by atoms with E-state index < -0.39 is 24.1 Å². The van der Waals surface area contributed by atoms with Gasteiger partial charge in [0.2, 0.25) is 0 Å². The first-order valence-electron chi connectivity index (χ1n) is 5.75. The first kappa shape index (κ1) is 13.1. The molecule has 1 fully saturated rings. The van der Waals surface area contributed by atoms with Crippen LogP contribution >= 0.6 is 0 Å². The number of nitrogens with zero attached hydrogens (tertiary/aromatic N) is 1. The van der Waals surface area contributed by atoms with Crippen molar-refractivity contribution in [3.8, 4) is 12.3 Å². The molecule has 0 saturated carbocycles. The molecule has 1 aliphatic rings. The lowest BCUT2D eigenvalue weighted by Crippen LogP contribution is -2.41. The van der Waals surface area contributed by atoms with E-state index in [0.29, 0.717) is 5.59 Å². The van der Waals surface area contributed by atoms with E-state index in [2.05, 4.69) is 10.9 Å². The Morgan fingerprint density at radius 2 is 1.78 bits per heavy atom. The van der Waals surface area contributed by atoms with Gasteiger partial charge in [0.1, 0.15) is 11.5 Å². The van der Waals surface area contributed by atoms with E-state index in [1.807, 2.05) is 27.7 Å². The van der Waals surface area contributed by atoms with Crippen LogP contribution in [0.15, 0.2) is 12.1 Å². The molecule has 0 unspecified atom stereocenters. The molecule has 0 aromatic carbocycles. The lowest BCUT2D eigenvalue weighted by molar-refractivity contribution is 0.00578. The molecule has 18 heavy (non-hydrogen) atoms. The standard InChI is InChI=1S/C13H15BFNO2/c1-6-10-7-9(15)8-11(16-10)14-17-12(2,3)13(4,5)18-14/h1,7-8H,2-5H3. The molecular weight excluding hydrogens is 232 g/mol. The molecule has 0 radical (unpaired) electrons. The van der Waals surface area contributed by atoms with Crippen LogP contribution in [0.1, 0.15) is 33.4 Å². The summed E-state index contributed by atoms with van der Waals surface area (Å²) in [5, 5.41) is 0. The molecule has 1 aromatic rings. The molecule has 0 bridgehead atoms. The average Bonchev–Trinajstić information content (AvgIpc) is 2.47. The van der Waals surface area contributed by atoms with Crippen LogP contribution < -0.4 is 5.59 Å². The van der Waals surface area contributed by atoms with Gasteiger partial charge in [-0.05, 0) is 33.8 Å². The fourth-order valence-electron chi connectivity index (χ4n) is 1.68. The van der Waals surface area contributed by atoms with E-state index in [0.717, 1.165) is 0 Å². The third-order valence-corrected chi connectivity index (χ3v) is 3.45. The lowest BCUT2D eigenvalue weighted by Gasteiger charge is -2.32. The Kier molecular flexibility index (Phi) is 2.96. The molecule has 0 spiro atoms. The molecule has 0 N–H and O–H groups in total. The van der Waals surface area contributed by atoms with Crippen LogP contribution in [0, 0.1) is 18.2 Å². The third-order valence-electron chi connectivity index (χ3n) is 3.45. The summed E-state index contributed by atoms with van der Waals surface area (Å²) in [4.78, 5) is 4.14. The highest BCUT2D eigenvalue weighted by Crippen LogP contribution is 2.36. The third kappa shape index (κ3) is 2.14. The van der Waals surface area contributed by atoms with Crippen molar-refractivity contribution in [1.29, 1.82) is 0 Å². The molecule has 2 heterocycles. The minimum Gasteiger partial charge on any atom is -0.398 e. The molecule has 2 rings (SSSR count). The summed E-state index contributed by atoms with van der Waals surface area (Å²) in [7, 11) is -0.696. The van der Waals surface area contributed by atoms with Gasteiger partial charge < -0.3 is 9.31 Å². The van der Waals surface area contributed by atoms with E-state index in [-0.39, 0.29) is 5.69 Å². The van der Waals surface area contributed by atoms with Crippen molar-refractivity contribution in [2.24, 2.45) is 0 Å². The lowest BCUT2D eigenvalue weighted by atomic mass is 9.84. The molecule has 5 heteroatoms. The second-order valence-corrected chi connectivity index (χ2v) is 5.33. The largest absolute Gasteiger partial charge is 0.514 e. The van der Waals surface area contributed by atoms with Gasteiger partial charge >= 0.3 is 7.12 Å². The summed E-state index contributed by atoms with van der Waals surface area (Å²) in [6.45, 7) is 7.70. The van der Waals surface area contributed by atoms with Crippen molar-refractivity contribution in [2.75, 3.05) is 0 Å². The predicted octanol–water partition coefficient (Wildman–Crippen LogP) is 1.50. The van der Waals surface area contributed by atoms with Crippen molar-refractivity contribution < 1.29 is 13.7 Å². The zero-order valence-electron chi connectivity index (χ0n) is 11.0. The van der Waals surface area contributed by atoms with Crippen molar-refractivity contribution in [3.05, 3.63) is 23.6 Å². The summed E-state index contributed by atoms with van der Waals surface area (Å²) < 4.78 is 25.0. The Morgan fingerprint density at radius 1 is 1.22 bits per heavy atom. The summed E-state index contributed by atoms with van der Waals surface area (Å²) in [6, 6.07) is 2.48. The van der Waals surface area contributed by atoms with E-state index in [1.54, 1.807) is 0 Å². The summed E-state index contributed by atoms with van der Waals surface area (Å²) in [5.41, 5.74) is -0.370. The van der Waals surface area contributed by atoms with Gasteiger partial charge in [0.15, 0.2) is 0 Å². The van der Waals surface area contributed by atoms with Crippen molar-refractivity contribution in [2.45, 2.75) is 38.9 Å². The average molecular weight is 247 g/mol. The number of rotatable bonds is 1. The van der Waals surface area contributed by atoms with Crippen LogP contribution in [-0.4, -0.2) is 23.3 Å². The quantitative estimate of drug-likeness (QED) is 0.556. The highest BCUT2D eigenvalue weighted by Gasteiger charge is 2.52. The van der Waals surface area contributed by atoms with Gasteiger partial charge in [-0.15, -0.1) is 6.42 Å². The summed E-state index contributed by atoms with van der Waals surface area (Å²) in [6.07, 6.45) is 5.23. The second kappa shape index (κ2) is 4.08. The zero-order chi connectivity index (χ0) is 13.6. The number of terminal acetylenes is 1. The van der Waals surface area contributed by atoms with Gasteiger partial charge in [0, 0.05) is 6.07 Å². The molecule has 1 saturated heterocycles. The SMILES string of the molecule is C#Cc1cc(F)cc(B2OC(C)(C)C(C)(C)O2)n1. The van der Waals surface area contributed by atoms with Crippen molar-refractivity contribution in [3.63, 3.8) is 0 Å². The van der Waals surface area contributed by atoms with Gasteiger partial charge in [0.05, 0.1) is 16.8 Å². The van der Waals surface area contributed by atoms with Crippen LogP contribution in [0.5, 0.6) is 0 Å². The number of hydrogen-bond acceptors (Lipinski definition) is 3. The maximum Gasteiger partial charge on any atom is 0.514 e. The van der Waals surface area contributed by atoms with Crippen molar-refractivity contribution in [1.82, 2.24) is 4.98 Å². The van der Waals surface area contributed by atoms with Gasteiger partial charge in [-0.3, -0.25) is 0 Å². The van der Waals surface area contributed by atoms with Crippen LogP contribution in [0.2, 0.25) is 0 Å². The van der Waals surface area contributed by atoms with E-state index in [4.69, 9.17) is 15.7 Å². The first-order valence-corrected chi connectivity index (χ1v) is 5.75. The molecule has 0 aliphatic carbocycles. The summed E-state index contributed by atoms with van der Waals surface area (Å²) in [5.74, 6) is 1.87. The zero-order valence-corrected chi connectivity index (χ0v) is 11.0. The van der Waals surface area contributed by atoms with Crippen LogP contribution in [0.3, 0.4) is 0 Å². The second-order valence-electron chi connectivity index (χ2n) is 5.33. The van der Waals surface area contributed by atoms with E-state index in [1.165, 1.54) is 12.1 Å². The molecule has 94 valence electrons. The first-order chi connectivity index (χ1) is 8.25. The number of halogens is 1. The Hall–Kier alpha value is -1.38. The molecule has 1 aromatic heterocycles. The summed E-state index contributed by atoms with van der Waals surface area (Å²) >= 11 is 0. The minimum absolute atomic E-state index is 0.236. The Bertz CT molecular complexity index is 506. The van der Waals surface area contributed by atoms with Gasteiger partial charge in [-0.1, -0.05) is 5.92 Å². The van der Waals surface area contributed by atoms with Gasteiger partial charge in [0.25, 0.3) is 0 Å². The predicted molar refractivity (Wildman–Crippen MR) is 67.8 cm³/mol. The normalized spacial score (nSPS) is 20.8. The number of pyridine rings is 1. The van der Waals surface area contributed by atoms with Crippen LogP contribution in [0.25, 0.3) is 0 Å². The number of hydrogen-bond donors (Lipinski definition) is 0. The van der Waals surface area contributed by atoms with Gasteiger partial charge in [-0.2, -0.15) is 0 Å². The van der Waals surface area contributed by atoms with Crippen molar-refractivity contribution >= 4 is 12.7 Å². The monoisotopic (exact) mass is 247 g/mol. The number of aromatic nitrogens is 1. The maximum atomic E-state index is 13.4. The maximum absolute atomic E-state index is 13.4. The van der Waals surface area contributed by atoms with E-state index >= 15 is 0 Å². The molecular formula is C13H15BFNO2. The Morgan fingerprint density at radius 3 is 2.28 bits per heavy atom. The highest BCUT2D eigenvalue weighted by atomic mass is 19.1. The Labute approximate surface area is 107 Å². The van der Waals surface area contributed by atoms with Crippen LogP contribution in [-0.2, 0) is 9.31 Å². The molecule has 0 amide bonds. The van der Waals surface area contributed by atoms with Gasteiger partial charge in [-0.25, -0.2) is 9.37 Å². The molecule has 1 aliphatic heterocycles. The Balaban J connectivity index is 2.36. The van der Waals surface area contributed by atoms with Crippen LogP contribution in [0.4, 0.5) is 4.39 Å². The minimum atomic E-state index is -0.696. The molecule has 0 atom stereocenters. The smallest absolute Gasteiger partial charge is 0.398 e. The fraction of sp³-hybridized carbons (Fsp3) is 0.462. The fourth-order valence-corrected chi connectivity index (χ4v) is 1.68. The molecule has 3 nitrogen and oxygen atoms in total.